The van der Waals surface area contributed by atoms with Crippen LogP contribution in [-0.2, 0) is 18.9 Å². The van der Waals surface area contributed by atoms with Crippen LogP contribution in [0.5, 0.6) is 0 Å². The second kappa shape index (κ2) is 15.1. The Morgan fingerprint density at radius 3 is 1.76 bits per heavy atom. The van der Waals surface area contributed by atoms with Gasteiger partial charge in [0.1, 0.15) is 0 Å². The zero-order valence-corrected chi connectivity index (χ0v) is 10.3. The van der Waals surface area contributed by atoms with E-state index >= 15 is 0 Å². The molecule has 100 valence electrons. The number of azide groups is 1. The minimum atomic E-state index is 0.358. The van der Waals surface area contributed by atoms with Gasteiger partial charge in [0.2, 0.25) is 0 Å². The van der Waals surface area contributed by atoms with Gasteiger partial charge in [0.25, 0.3) is 0 Å². The third-order valence-corrected chi connectivity index (χ3v) is 1.72. The van der Waals surface area contributed by atoms with Gasteiger partial charge in [-0.15, -0.1) is 0 Å². The summed E-state index contributed by atoms with van der Waals surface area (Å²) in [4.78, 5) is 2.61. The largest absolute Gasteiger partial charge is 0.379 e. The molecule has 0 aromatic carbocycles. The predicted molar refractivity (Wildman–Crippen MR) is 63.0 cm³/mol. The average molecular weight is 247 g/mol. The van der Waals surface area contributed by atoms with Crippen molar-refractivity contribution in [1.29, 1.82) is 0 Å². The summed E-state index contributed by atoms with van der Waals surface area (Å²) in [6.07, 6.45) is 0. The van der Waals surface area contributed by atoms with Gasteiger partial charge < -0.3 is 18.9 Å². The van der Waals surface area contributed by atoms with E-state index in [0.29, 0.717) is 59.4 Å². The summed E-state index contributed by atoms with van der Waals surface area (Å²) in [5.74, 6) is 0. The number of nitrogens with zero attached hydrogens (tertiary/aromatic N) is 3. The molecular formula is C10H21N3O4. The van der Waals surface area contributed by atoms with Crippen LogP contribution in [0.15, 0.2) is 5.11 Å². The minimum Gasteiger partial charge on any atom is -0.379 e. The molecule has 0 aliphatic heterocycles. The topological polar surface area (TPSA) is 85.7 Å². The molecule has 0 aromatic heterocycles. The Morgan fingerprint density at radius 1 is 0.824 bits per heavy atom. The van der Waals surface area contributed by atoms with Gasteiger partial charge in [-0.05, 0) is 12.5 Å². The van der Waals surface area contributed by atoms with E-state index in [9.17, 15) is 0 Å². The van der Waals surface area contributed by atoms with E-state index in [4.69, 9.17) is 24.5 Å². The van der Waals surface area contributed by atoms with E-state index in [-0.39, 0.29) is 0 Å². The van der Waals surface area contributed by atoms with Crippen molar-refractivity contribution in [2.75, 3.05) is 59.4 Å². The van der Waals surface area contributed by atoms with E-state index < -0.39 is 0 Å². The van der Waals surface area contributed by atoms with Crippen molar-refractivity contribution < 1.29 is 18.9 Å². The summed E-state index contributed by atoms with van der Waals surface area (Å²) in [6.45, 7) is 6.80. The van der Waals surface area contributed by atoms with Gasteiger partial charge in [-0.25, -0.2) is 0 Å². The fourth-order valence-corrected chi connectivity index (χ4v) is 0.954. The molecule has 0 atom stereocenters. The standard InChI is InChI=1S/C10H21N3O4/c1-2-14-5-6-16-9-10-17-8-7-15-4-3-12-13-11/h2-10H2,1H3. The summed E-state index contributed by atoms with van der Waals surface area (Å²) in [6, 6.07) is 0. The Kier molecular flexibility index (Phi) is 14.4. The lowest BCUT2D eigenvalue weighted by atomic mass is 10.7. The molecule has 0 spiro atoms. The molecule has 7 nitrogen and oxygen atoms in total. The Hall–Kier alpha value is -0.850. The lowest BCUT2D eigenvalue weighted by molar-refractivity contribution is 0.000389. The molecule has 17 heavy (non-hydrogen) atoms. The van der Waals surface area contributed by atoms with Gasteiger partial charge in [0, 0.05) is 18.1 Å². The van der Waals surface area contributed by atoms with Gasteiger partial charge in [-0.1, -0.05) is 5.11 Å². The Balaban J connectivity index is 2.91. The Labute approximate surface area is 102 Å². The average Bonchev–Trinajstić information content (AvgIpc) is 2.35. The van der Waals surface area contributed by atoms with Crippen molar-refractivity contribution in [2.24, 2.45) is 5.11 Å². The second-order valence-electron chi connectivity index (χ2n) is 2.99. The van der Waals surface area contributed by atoms with Crippen molar-refractivity contribution >= 4 is 0 Å². The molecular weight excluding hydrogens is 226 g/mol. The smallest absolute Gasteiger partial charge is 0.0701 e. The quantitative estimate of drug-likeness (QED) is 0.213. The molecule has 0 amide bonds. The van der Waals surface area contributed by atoms with Crippen molar-refractivity contribution in [3.8, 4) is 0 Å². The van der Waals surface area contributed by atoms with Crippen LogP contribution >= 0.6 is 0 Å². The maximum atomic E-state index is 8.00. The summed E-state index contributed by atoms with van der Waals surface area (Å²) in [5, 5.41) is 3.34. The molecule has 7 heteroatoms. The van der Waals surface area contributed by atoms with Gasteiger partial charge in [-0.2, -0.15) is 0 Å². The highest BCUT2D eigenvalue weighted by Gasteiger charge is 1.91. The molecule has 0 saturated carbocycles. The fourth-order valence-electron chi connectivity index (χ4n) is 0.954. The highest BCUT2D eigenvalue weighted by atomic mass is 16.6. The van der Waals surface area contributed by atoms with Crippen LogP contribution < -0.4 is 0 Å². The van der Waals surface area contributed by atoms with E-state index in [0.717, 1.165) is 0 Å². The van der Waals surface area contributed by atoms with Crippen LogP contribution in [-0.4, -0.2) is 59.4 Å². The third-order valence-electron chi connectivity index (χ3n) is 1.72. The first kappa shape index (κ1) is 16.1. The van der Waals surface area contributed by atoms with Crippen molar-refractivity contribution in [2.45, 2.75) is 6.92 Å². The summed E-state index contributed by atoms with van der Waals surface area (Å²) in [7, 11) is 0. The highest BCUT2D eigenvalue weighted by Crippen LogP contribution is 1.83. The lowest BCUT2D eigenvalue weighted by Crippen LogP contribution is -2.12. The molecule has 0 aliphatic rings. The van der Waals surface area contributed by atoms with E-state index in [1.165, 1.54) is 0 Å². The van der Waals surface area contributed by atoms with Crippen molar-refractivity contribution in [3.63, 3.8) is 0 Å². The molecule has 0 aromatic rings. The second-order valence-corrected chi connectivity index (χ2v) is 2.99. The highest BCUT2D eigenvalue weighted by molar-refractivity contribution is 4.44. The Morgan fingerprint density at radius 2 is 1.29 bits per heavy atom. The third kappa shape index (κ3) is 15.1. The number of ether oxygens (including phenoxy) is 4. The van der Waals surface area contributed by atoms with Crippen molar-refractivity contribution in [3.05, 3.63) is 10.4 Å². The lowest BCUT2D eigenvalue weighted by Gasteiger charge is -2.06. The van der Waals surface area contributed by atoms with Crippen LogP contribution in [0.1, 0.15) is 6.92 Å². The first-order chi connectivity index (χ1) is 8.41. The maximum Gasteiger partial charge on any atom is 0.0701 e. The molecule has 0 unspecified atom stereocenters. The van der Waals surface area contributed by atoms with E-state index in [1.54, 1.807) is 0 Å². The molecule has 0 saturated heterocycles. The van der Waals surface area contributed by atoms with Crippen LogP contribution in [0.3, 0.4) is 0 Å². The molecule has 0 aliphatic carbocycles. The van der Waals surface area contributed by atoms with Gasteiger partial charge in [0.05, 0.1) is 46.2 Å². The minimum absolute atomic E-state index is 0.358. The van der Waals surface area contributed by atoms with E-state index in [1.807, 2.05) is 6.92 Å². The summed E-state index contributed by atoms with van der Waals surface area (Å²) >= 11 is 0. The normalized spacial score (nSPS) is 10.2. The zero-order chi connectivity index (χ0) is 12.6. The van der Waals surface area contributed by atoms with Crippen LogP contribution in [0.4, 0.5) is 0 Å². The number of hydrogen-bond acceptors (Lipinski definition) is 5. The molecule has 0 bridgehead atoms. The van der Waals surface area contributed by atoms with Crippen LogP contribution in [0, 0.1) is 0 Å². The first-order valence-electron chi connectivity index (χ1n) is 5.73. The summed E-state index contributed by atoms with van der Waals surface area (Å²) in [5.41, 5.74) is 8.00. The monoisotopic (exact) mass is 247 g/mol. The first-order valence-corrected chi connectivity index (χ1v) is 5.73. The van der Waals surface area contributed by atoms with Crippen LogP contribution in [0.25, 0.3) is 10.4 Å². The molecule has 0 heterocycles. The molecule has 0 fully saturated rings. The molecule has 0 radical (unpaired) electrons. The number of rotatable bonds is 13. The van der Waals surface area contributed by atoms with Crippen molar-refractivity contribution in [1.82, 2.24) is 0 Å². The van der Waals surface area contributed by atoms with Crippen LogP contribution in [0.2, 0.25) is 0 Å². The van der Waals surface area contributed by atoms with Gasteiger partial charge in [-0.3, -0.25) is 0 Å². The zero-order valence-electron chi connectivity index (χ0n) is 10.3. The summed E-state index contributed by atoms with van der Waals surface area (Å²) < 4.78 is 20.8. The predicted octanol–water partition coefficient (Wildman–Crippen LogP) is 1.38. The Bertz CT molecular complexity index is 198. The molecule has 0 N–H and O–H groups in total. The van der Waals surface area contributed by atoms with E-state index in [2.05, 4.69) is 10.0 Å². The van der Waals surface area contributed by atoms with Gasteiger partial charge in [0.15, 0.2) is 0 Å². The molecule has 0 rings (SSSR count). The maximum absolute atomic E-state index is 8.00. The fraction of sp³-hybridized carbons (Fsp3) is 1.00. The van der Waals surface area contributed by atoms with Gasteiger partial charge >= 0.3 is 0 Å². The number of hydrogen-bond donors (Lipinski definition) is 0. The SMILES string of the molecule is CCOCCOCCOCCOCCN=[N+]=[N-].